The lowest BCUT2D eigenvalue weighted by molar-refractivity contribution is -0.117. The lowest BCUT2D eigenvalue weighted by atomic mass is 10.4. The van der Waals surface area contributed by atoms with Crippen molar-refractivity contribution in [1.82, 2.24) is 24.7 Å². The molecule has 112 valence electrons. The van der Waals surface area contributed by atoms with Gasteiger partial charge in [0.1, 0.15) is 6.54 Å². The monoisotopic (exact) mass is 300 g/mol. The van der Waals surface area contributed by atoms with Crippen LogP contribution in [0.1, 0.15) is 5.69 Å². The summed E-state index contributed by atoms with van der Waals surface area (Å²) in [5, 5.41) is 14.3. The third kappa shape index (κ3) is 2.92. The summed E-state index contributed by atoms with van der Waals surface area (Å²) in [6.07, 6.45) is 3.28. The first kappa shape index (κ1) is 13.7. The zero-order valence-corrected chi connectivity index (χ0v) is 11.6. The van der Waals surface area contributed by atoms with E-state index in [1.165, 1.54) is 16.8 Å². The maximum atomic E-state index is 11.9. The van der Waals surface area contributed by atoms with Gasteiger partial charge in [0.05, 0.1) is 5.69 Å². The molecule has 1 amide bonds. The Morgan fingerprint density at radius 2 is 2.27 bits per heavy atom. The smallest absolute Gasteiger partial charge is 0.267 e. The number of aryl methyl sites for hydroxylation is 1. The molecule has 9 nitrogen and oxygen atoms in total. The first-order chi connectivity index (χ1) is 10.6. The van der Waals surface area contributed by atoms with Crippen LogP contribution in [-0.2, 0) is 11.3 Å². The van der Waals surface area contributed by atoms with Crippen LogP contribution in [0.25, 0.3) is 5.82 Å². The second kappa shape index (κ2) is 5.64. The van der Waals surface area contributed by atoms with Crippen molar-refractivity contribution < 1.29 is 9.32 Å². The minimum atomic E-state index is -0.441. The van der Waals surface area contributed by atoms with Crippen LogP contribution in [0.15, 0.2) is 46.0 Å². The van der Waals surface area contributed by atoms with Crippen molar-refractivity contribution in [2.24, 2.45) is 0 Å². The van der Waals surface area contributed by atoms with Gasteiger partial charge < -0.3 is 4.52 Å². The van der Waals surface area contributed by atoms with Crippen molar-refractivity contribution >= 4 is 11.8 Å². The number of hydrogen-bond acceptors (Lipinski definition) is 6. The van der Waals surface area contributed by atoms with E-state index in [-0.39, 0.29) is 18.0 Å². The van der Waals surface area contributed by atoms with Crippen LogP contribution >= 0.6 is 0 Å². The maximum Gasteiger partial charge on any atom is 0.267 e. The van der Waals surface area contributed by atoms with Gasteiger partial charge >= 0.3 is 0 Å². The number of nitrogens with one attached hydrogen (secondary N) is 1. The Kier molecular flexibility index (Phi) is 3.52. The highest BCUT2D eigenvalue weighted by Gasteiger charge is 2.10. The molecule has 1 N–H and O–H groups in total. The lowest BCUT2D eigenvalue weighted by Gasteiger charge is -2.06. The van der Waals surface area contributed by atoms with Crippen LogP contribution in [-0.4, -0.2) is 30.6 Å². The van der Waals surface area contributed by atoms with E-state index in [9.17, 15) is 9.59 Å². The van der Waals surface area contributed by atoms with Crippen molar-refractivity contribution in [3.05, 3.63) is 52.7 Å². The molecule has 0 saturated carbocycles. The Labute approximate surface area is 124 Å². The molecule has 0 unspecified atom stereocenters. The number of carbonyl (C=O) groups excluding carboxylic acids is 1. The van der Waals surface area contributed by atoms with Crippen molar-refractivity contribution in [3.63, 3.8) is 0 Å². The summed E-state index contributed by atoms with van der Waals surface area (Å²) in [4.78, 5) is 23.7. The van der Waals surface area contributed by atoms with Gasteiger partial charge in [-0.3, -0.25) is 14.9 Å². The van der Waals surface area contributed by atoms with Gasteiger partial charge in [-0.25, -0.2) is 9.36 Å². The average Bonchev–Trinajstić information content (AvgIpc) is 3.13. The van der Waals surface area contributed by atoms with Gasteiger partial charge in [-0.2, -0.15) is 5.10 Å². The predicted molar refractivity (Wildman–Crippen MR) is 75.5 cm³/mol. The van der Waals surface area contributed by atoms with E-state index in [0.29, 0.717) is 11.5 Å². The zero-order valence-electron chi connectivity index (χ0n) is 11.6. The Bertz CT molecular complexity index is 849. The second-order valence-electron chi connectivity index (χ2n) is 4.52. The molecule has 0 atom stereocenters. The molecule has 3 heterocycles. The molecule has 3 aromatic heterocycles. The topological polar surface area (TPSA) is 108 Å². The maximum absolute atomic E-state index is 11.9. The van der Waals surface area contributed by atoms with Crippen LogP contribution in [0.5, 0.6) is 0 Å². The fourth-order valence-electron chi connectivity index (χ4n) is 1.81. The van der Waals surface area contributed by atoms with Crippen LogP contribution < -0.4 is 10.9 Å². The largest absolute Gasteiger partial charge is 0.338 e. The van der Waals surface area contributed by atoms with Crippen LogP contribution in [0.4, 0.5) is 5.88 Å². The number of anilines is 1. The minimum absolute atomic E-state index is 0.221. The summed E-state index contributed by atoms with van der Waals surface area (Å²) in [5.41, 5.74) is 0.256. The molecular formula is C13H12N6O3. The normalized spacial score (nSPS) is 10.6. The summed E-state index contributed by atoms with van der Waals surface area (Å²) in [6.45, 7) is 1.49. The molecule has 0 bridgehead atoms. The van der Waals surface area contributed by atoms with Crippen molar-refractivity contribution in [2.45, 2.75) is 13.5 Å². The summed E-state index contributed by atoms with van der Waals surface area (Å²) < 4.78 is 7.43. The minimum Gasteiger partial charge on any atom is -0.338 e. The van der Waals surface area contributed by atoms with Crippen LogP contribution in [0.2, 0.25) is 0 Å². The average molecular weight is 300 g/mol. The van der Waals surface area contributed by atoms with Gasteiger partial charge in [-0.15, -0.1) is 5.10 Å². The van der Waals surface area contributed by atoms with Gasteiger partial charge in [-0.1, -0.05) is 5.16 Å². The number of hydrogen-bond donors (Lipinski definition) is 1. The van der Waals surface area contributed by atoms with Crippen molar-refractivity contribution in [2.75, 3.05) is 5.32 Å². The van der Waals surface area contributed by atoms with Gasteiger partial charge in [0.2, 0.25) is 11.8 Å². The molecule has 0 aliphatic rings. The van der Waals surface area contributed by atoms with E-state index < -0.39 is 5.91 Å². The van der Waals surface area contributed by atoms with Gasteiger partial charge in [0, 0.05) is 24.5 Å². The second-order valence-corrected chi connectivity index (χ2v) is 4.52. The molecule has 0 fully saturated rings. The molecule has 9 heteroatoms. The van der Waals surface area contributed by atoms with Crippen molar-refractivity contribution in [3.8, 4) is 5.82 Å². The molecule has 0 aliphatic carbocycles. The SMILES string of the molecule is Cc1cc(NC(=O)Cn2nc(-n3cccn3)ccc2=O)on1. The standard InChI is InChI=1S/C13H12N6O3/c1-9-7-12(22-17-9)15-11(20)8-19-13(21)4-3-10(16-19)18-6-2-5-14-18/h2-7H,8H2,1H3,(H,15,20). The Morgan fingerprint density at radius 3 is 2.95 bits per heavy atom. The molecule has 0 aliphatic heterocycles. The van der Waals surface area contributed by atoms with Crippen LogP contribution in [0.3, 0.4) is 0 Å². The number of carbonyl (C=O) groups is 1. The van der Waals surface area contributed by atoms with E-state index in [1.807, 2.05) is 0 Å². The van der Waals surface area contributed by atoms with E-state index in [0.717, 1.165) is 4.68 Å². The molecule has 0 radical (unpaired) electrons. The number of rotatable bonds is 4. The molecule has 22 heavy (non-hydrogen) atoms. The zero-order chi connectivity index (χ0) is 15.5. The first-order valence-electron chi connectivity index (χ1n) is 6.43. The third-order valence-electron chi connectivity index (χ3n) is 2.78. The third-order valence-corrected chi connectivity index (χ3v) is 2.78. The fraction of sp³-hybridized carbons (Fsp3) is 0.154. The summed E-state index contributed by atoms with van der Waals surface area (Å²) in [5.74, 6) is 0.218. The molecule has 0 spiro atoms. The molecular weight excluding hydrogens is 288 g/mol. The van der Waals surface area contributed by atoms with E-state index >= 15 is 0 Å². The van der Waals surface area contributed by atoms with Gasteiger partial charge in [-0.05, 0) is 19.1 Å². The molecule has 3 aromatic rings. The highest BCUT2D eigenvalue weighted by molar-refractivity contribution is 5.89. The Balaban J connectivity index is 1.78. The Hall–Kier alpha value is -3.23. The summed E-state index contributed by atoms with van der Waals surface area (Å²) in [7, 11) is 0. The summed E-state index contributed by atoms with van der Waals surface area (Å²) in [6, 6.07) is 6.17. The first-order valence-corrected chi connectivity index (χ1v) is 6.43. The van der Waals surface area contributed by atoms with E-state index in [4.69, 9.17) is 4.52 Å². The Morgan fingerprint density at radius 1 is 1.41 bits per heavy atom. The van der Waals surface area contributed by atoms with Gasteiger partial charge in [0.15, 0.2) is 5.82 Å². The fourth-order valence-corrected chi connectivity index (χ4v) is 1.81. The number of nitrogens with zero attached hydrogens (tertiary/aromatic N) is 5. The van der Waals surface area contributed by atoms with E-state index in [2.05, 4.69) is 20.7 Å². The highest BCUT2D eigenvalue weighted by atomic mass is 16.5. The van der Waals surface area contributed by atoms with Gasteiger partial charge in [0.25, 0.3) is 5.56 Å². The quantitative estimate of drug-likeness (QED) is 0.745. The predicted octanol–water partition coefficient (Wildman–Crippen LogP) is 0.364. The lowest BCUT2D eigenvalue weighted by Crippen LogP contribution is -2.29. The molecule has 3 rings (SSSR count). The number of amides is 1. The van der Waals surface area contributed by atoms with Crippen molar-refractivity contribution in [1.29, 1.82) is 0 Å². The highest BCUT2D eigenvalue weighted by Crippen LogP contribution is 2.08. The van der Waals surface area contributed by atoms with E-state index in [1.54, 1.807) is 31.5 Å². The molecule has 0 saturated heterocycles. The summed E-state index contributed by atoms with van der Waals surface area (Å²) >= 11 is 0. The van der Waals surface area contributed by atoms with Crippen LogP contribution in [0, 0.1) is 6.92 Å². The molecule has 0 aromatic carbocycles. The number of aromatic nitrogens is 5.